The quantitative estimate of drug-likeness (QED) is 0.886. The summed E-state index contributed by atoms with van der Waals surface area (Å²) in [5.41, 5.74) is 2.15. The van der Waals surface area contributed by atoms with Crippen LogP contribution in [-0.4, -0.2) is 66.2 Å². The molecule has 1 fully saturated rings. The van der Waals surface area contributed by atoms with Crippen molar-refractivity contribution in [2.45, 2.75) is 52.2 Å². The number of aryl methyl sites for hydroxylation is 1. The lowest BCUT2D eigenvalue weighted by Gasteiger charge is -2.39. The second-order valence-corrected chi connectivity index (χ2v) is 8.63. The molecule has 27 heavy (non-hydrogen) atoms. The molecule has 1 aromatic carbocycles. The summed E-state index contributed by atoms with van der Waals surface area (Å²) in [6, 6.07) is 8.94. The minimum atomic E-state index is -0.459. The predicted octanol–water partition coefficient (Wildman–Crippen LogP) is 2.98. The molecule has 0 radical (unpaired) electrons. The van der Waals surface area contributed by atoms with E-state index in [2.05, 4.69) is 53.3 Å². The van der Waals surface area contributed by atoms with E-state index >= 15 is 0 Å². The summed E-state index contributed by atoms with van der Waals surface area (Å²) in [4.78, 5) is 21.1. The highest BCUT2D eigenvalue weighted by Gasteiger charge is 2.36. The maximum atomic E-state index is 12.3. The van der Waals surface area contributed by atoms with Gasteiger partial charge in [-0.3, -0.25) is 4.99 Å². The Morgan fingerprint density at radius 1 is 1.30 bits per heavy atom. The van der Waals surface area contributed by atoms with E-state index < -0.39 is 5.60 Å². The number of benzene rings is 1. The lowest BCUT2D eigenvalue weighted by atomic mass is 10.0. The summed E-state index contributed by atoms with van der Waals surface area (Å²) in [5.74, 6) is 1.37. The smallest absolute Gasteiger partial charge is 0.410 e. The Bertz CT molecular complexity index is 693. The Kier molecular flexibility index (Phi) is 5.63. The van der Waals surface area contributed by atoms with E-state index in [1.54, 1.807) is 4.90 Å². The van der Waals surface area contributed by atoms with E-state index in [1.165, 1.54) is 11.1 Å². The van der Waals surface area contributed by atoms with Gasteiger partial charge >= 0.3 is 6.09 Å². The second-order valence-electron chi connectivity index (χ2n) is 8.63. The fraction of sp³-hybridized carbons (Fsp3) is 0.619. The molecular weight excluding hydrogens is 340 g/mol. The molecule has 2 aliphatic rings. The van der Waals surface area contributed by atoms with Crippen molar-refractivity contribution in [2.24, 2.45) is 4.99 Å². The number of fused-ring (bicyclic) bond motifs is 1. The van der Waals surface area contributed by atoms with Crippen LogP contribution in [-0.2, 0) is 4.74 Å². The van der Waals surface area contributed by atoms with E-state index in [9.17, 15) is 4.79 Å². The molecule has 1 N–H and O–H groups in total. The molecule has 2 unspecified atom stereocenters. The van der Waals surface area contributed by atoms with E-state index in [0.29, 0.717) is 19.0 Å². The predicted molar refractivity (Wildman–Crippen MR) is 108 cm³/mol. The molecule has 0 aromatic heterocycles. The average Bonchev–Trinajstić information content (AvgIpc) is 3.01. The number of hydrogen-bond acceptors (Lipinski definition) is 5. The minimum Gasteiger partial charge on any atom is -0.444 e. The van der Waals surface area contributed by atoms with E-state index in [4.69, 9.17) is 4.74 Å². The number of nitrogens with zero attached hydrogens (tertiary/aromatic N) is 3. The summed E-state index contributed by atoms with van der Waals surface area (Å²) in [5, 5.41) is 3.52. The van der Waals surface area contributed by atoms with E-state index in [1.807, 2.05) is 20.8 Å². The Labute approximate surface area is 162 Å². The molecule has 2 aliphatic heterocycles. The number of rotatable bonds is 3. The third-order valence-corrected chi connectivity index (χ3v) is 5.07. The van der Waals surface area contributed by atoms with Crippen molar-refractivity contribution in [3.63, 3.8) is 0 Å². The lowest BCUT2D eigenvalue weighted by molar-refractivity contribution is 0.0137. The highest BCUT2D eigenvalue weighted by atomic mass is 16.6. The van der Waals surface area contributed by atoms with Crippen LogP contribution in [0.2, 0.25) is 0 Å². The van der Waals surface area contributed by atoms with Crippen LogP contribution in [0.1, 0.15) is 44.7 Å². The number of guanidine groups is 1. The normalized spacial score (nSPS) is 20.8. The van der Waals surface area contributed by atoms with E-state index in [-0.39, 0.29) is 12.1 Å². The average molecular weight is 373 g/mol. The first-order valence-corrected chi connectivity index (χ1v) is 9.82. The maximum absolute atomic E-state index is 12.3. The monoisotopic (exact) mass is 372 g/mol. The Morgan fingerprint density at radius 2 is 2.00 bits per heavy atom. The van der Waals surface area contributed by atoms with Gasteiger partial charge in [-0.15, -0.1) is 0 Å². The van der Waals surface area contributed by atoms with Crippen molar-refractivity contribution in [2.75, 3.05) is 32.7 Å². The molecule has 1 aromatic rings. The molecule has 0 aliphatic carbocycles. The van der Waals surface area contributed by atoms with Gasteiger partial charge in [-0.05, 0) is 39.2 Å². The minimum absolute atomic E-state index is 0.225. The standard InChI is InChI=1S/C21H32N4O2/c1-15-6-8-17(9-7-15)16(2)12-22-19-23-13-18-14-24(10-11-25(18)19)20(26)27-21(3,4)5/h6-9,16,18H,10-14H2,1-5H3,(H,22,23). The van der Waals surface area contributed by atoms with Crippen LogP contribution in [0.3, 0.4) is 0 Å². The Morgan fingerprint density at radius 3 is 2.67 bits per heavy atom. The number of nitrogens with one attached hydrogen (secondary N) is 1. The van der Waals surface area contributed by atoms with Crippen LogP contribution in [0, 0.1) is 6.92 Å². The third kappa shape index (κ3) is 4.93. The molecule has 2 heterocycles. The summed E-state index contributed by atoms with van der Waals surface area (Å²) in [7, 11) is 0. The van der Waals surface area contributed by atoms with Crippen LogP contribution >= 0.6 is 0 Å². The molecule has 148 valence electrons. The van der Waals surface area contributed by atoms with Gasteiger partial charge in [-0.2, -0.15) is 0 Å². The highest BCUT2D eigenvalue weighted by Crippen LogP contribution is 2.20. The second kappa shape index (κ2) is 7.79. The van der Waals surface area contributed by atoms with Crippen molar-refractivity contribution in [1.82, 2.24) is 15.1 Å². The first-order valence-electron chi connectivity index (χ1n) is 9.82. The van der Waals surface area contributed by atoms with Gasteiger partial charge in [-0.25, -0.2) is 4.79 Å². The third-order valence-electron chi connectivity index (χ3n) is 5.07. The summed E-state index contributed by atoms with van der Waals surface area (Å²) >= 11 is 0. The zero-order chi connectivity index (χ0) is 19.6. The molecule has 0 saturated carbocycles. The van der Waals surface area contributed by atoms with Crippen molar-refractivity contribution >= 4 is 12.1 Å². The number of aliphatic imine (C=N–C) groups is 1. The summed E-state index contributed by atoms with van der Waals surface area (Å²) in [6.45, 7) is 13.7. The van der Waals surface area contributed by atoms with Crippen molar-refractivity contribution in [3.8, 4) is 0 Å². The first kappa shape index (κ1) is 19.5. The molecule has 1 amide bonds. The van der Waals surface area contributed by atoms with Gasteiger partial charge in [0, 0.05) is 26.2 Å². The zero-order valence-electron chi connectivity index (χ0n) is 17.2. The number of hydrogen-bond donors (Lipinski definition) is 1. The molecule has 6 heteroatoms. The van der Waals surface area contributed by atoms with Gasteiger partial charge in [0.15, 0.2) is 5.96 Å². The van der Waals surface area contributed by atoms with Gasteiger partial charge in [0.2, 0.25) is 0 Å². The van der Waals surface area contributed by atoms with Crippen LogP contribution < -0.4 is 5.32 Å². The highest BCUT2D eigenvalue weighted by molar-refractivity contribution is 5.82. The number of carbonyl (C=O) groups is 1. The Balaban J connectivity index is 1.50. The maximum Gasteiger partial charge on any atom is 0.410 e. The summed E-state index contributed by atoms with van der Waals surface area (Å²) < 4.78 is 5.50. The fourth-order valence-corrected chi connectivity index (χ4v) is 3.48. The number of amides is 1. The SMILES string of the molecule is Cc1ccc(C(C)CNC2=NCC3CN(C(=O)OC(C)(C)C)CCN23)cc1. The van der Waals surface area contributed by atoms with Gasteiger partial charge < -0.3 is 19.9 Å². The van der Waals surface area contributed by atoms with Crippen LogP contribution in [0.5, 0.6) is 0 Å². The van der Waals surface area contributed by atoms with Crippen LogP contribution in [0.25, 0.3) is 0 Å². The molecular formula is C21H32N4O2. The summed E-state index contributed by atoms with van der Waals surface area (Å²) in [6.07, 6.45) is -0.225. The Hall–Kier alpha value is -2.24. The van der Waals surface area contributed by atoms with Gasteiger partial charge in [0.05, 0.1) is 12.6 Å². The van der Waals surface area contributed by atoms with Gasteiger partial charge in [0.25, 0.3) is 0 Å². The molecule has 2 atom stereocenters. The molecule has 6 nitrogen and oxygen atoms in total. The van der Waals surface area contributed by atoms with Crippen molar-refractivity contribution in [1.29, 1.82) is 0 Å². The number of piperazine rings is 1. The number of carbonyl (C=O) groups excluding carboxylic acids is 1. The number of ether oxygens (including phenoxy) is 1. The van der Waals surface area contributed by atoms with Crippen molar-refractivity contribution in [3.05, 3.63) is 35.4 Å². The van der Waals surface area contributed by atoms with Crippen LogP contribution in [0.15, 0.2) is 29.3 Å². The fourth-order valence-electron chi connectivity index (χ4n) is 3.48. The zero-order valence-corrected chi connectivity index (χ0v) is 17.2. The largest absolute Gasteiger partial charge is 0.444 e. The topological polar surface area (TPSA) is 57.2 Å². The van der Waals surface area contributed by atoms with E-state index in [0.717, 1.165) is 25.6 Å². The van der Waals surface area contributed by atoms with Crippen LogP contribution in [0.4, 0.5) is 4.79 Å². The lowest BCUT2D eigenvalue weighted by Crippen LogP contribution is -2.57. The first-order chi connectivity index (χ1) is 12.7. The molecule has 0 bridgehead atoms. The van der Waals surface area contributed by atoms with Gasteiger partial charge in [-0.1, -0.05) is 36.8 Å². The molecule has 1 saturated heterocycles. The van der Waals surface area contributed by atoms with Crippen molar-refractivity contribution < 1.29 is 9.53 Å². The molecule has 0 spiro atoms. The van der Waals surface area contributed by atoms with Gasteiger partial charge in [0.1, 0.15) is 5.60 Å². The molecule has 3 rings (SSSR count).